The zero-order valence-corrected chi connectivity index (χ0v) is 14.5. The minimum absolute atomic E-state index is 0.188. The molecular formula is C17H36N2O. The van der Waals surface area contributed by atoms with Gasteiger partial charge in [0.15, 0.2) is 0 Å². The molecule has 0 saturated carbocycles. The molecule has 0 aromatic heterocycles. The van der Waals surface area contributed by atoms with Gasteiger partial charge in [-0.2, -0.15) is 0 Å². The van der Waals surface area contributed by atoms with E-state index in [2.05, 4.69) is 46.9 Å². The molecule has 0 bridgehead atoms. The molecule has 2 unspecified atom stereocenters. The number of hydrogen-bond acceptors (Lipinski definition) is 2. The number of nitrogens with two attached hydrogens (primary N) is 1. The highest BCUT2D eigenvalue weighted by Gasteiger charge is 2.24. The fraction of sp³-hybridized carbons (Fsp3) is 0.941. The van der Waals surface area contributed by atoms with Crippen molar-refractivity contribution in [2.75, 3.05) is 6.54 Å². The van der Waals surface area contributed by atoms with Gasteiger partial charge in [0.2, 0.25) is 5.91 Å². The van der Waals surface area contributed by atoms with Crippen molar-refractivity contribution in [3.63, 3.8) is 0 Å². The van der Waals surface area contributed by atoms with E-state index in [0.29, 0.717) is 24.8 Å². The highest BCUT2D eigenvalue weighted by atomic mass is 16.1. The number of amides is 1. The molecule has 0 radical (unpaired) electrons. The lowest BCUT2D eigenvalue weighted by Gasteiger charge is -2.30. The summed E-state index contributed by atoms with van der Waals surface area (Å²) in [7, 11) is 0. The third-order valence-electron chi connectivity index (χ3n) is 4.04. The molecule has 0 aliphatic rings. The van der Waals surface area contributed by atoms with Crippen LogP contribution >= 0.6 is 0 Å². The Hall–Kier alpha value is -0.570. The lowest BCUT2D eigenvalue weighted by molar-refractivity contribution is -0.122. The Labute approximate surface area is 126 Å². The topological polar surface area (TPSA) is 55.1 Å². The Bertz CT molecular complexity index is 269. The van der Waals surface area contributed by atoms with Gasteiger partial charge in [-0.25, -0.2) is 0 Å². The number of hydrogen-bond donors (Lipinski definition) is 2. The summed E-state index contributed by atoms with van der Waals surface area (Å²) in [5.74, 6) is 1.40. The molecule has 0 aromatic rings. The Morgan fingerprint density at radius 1 is 1.05 bits per heavy atom. The third kappa shape index (κ3) is 9.35. The van der Waals surface area contributed by atoms with Crippen LogP contribution in [0.1, 0.15) is 73.6 Å². The summed E-state index contributed by atoms with van der Waals surface area (Å²) >= 11 is 0. The van der Waals surface area contributed by atoms with Gasteiger partial charge in [0.1, 0.15) is 0 Å². The quantitative estimate of drug-likeness (QED) is 0.678. The lowest BCUT2D eigenvalue weighted by Crippen LogP contribution is -2.33. The van der Waals surface area contributed by atoms with E-state index in [0.717, 1.165) is 19.3 Å². The number of carbonyl (C=O) groups excluding carboxylic acids is 1. The van der Waals surface area contributed by atoms with E-state index in [1.807, 2.05) is 0 Å². The van der Waals surface area contributed by atoms with Gasteiger partial charge in [-0.15, -0.1) is 0 Å². The van der Waals surface area contributed by atoms with Gasteiger partial charge in [-0.3, -0.25) is 4.79 Å². The average Bonchev–Trinajstić information content (AvgIpc) is 2.30. The standard InChI is InChI=1S/C17H36N2O/c1-13(2)7-8-14(3)19-16(20)10-9-15(11-12-18)17(4,5)6/h13-15H,7-12,18H2,1-6H3,(H,19,20). The van der Waals surface area contributed by atoms with Crippen molar-refractivity contribution in [1.82, 2.24) is 5.32 Å². The Morgan fingerprint density at radius 2 is 1.65 bits per heavy atom. The van der Waals surface area contributed by atoms with Crippen LogP contribution in [0.2, 0.25) is 0 Å². The van der Waals surface area contributed by atoms with E-state index < -0.39 is 0 Å². The smallest absolute Gasteiger partial charge is 0.220 e. The summed E-state index contributed by atoms with van der Waals surface area (Å²) in [5.41, 5.74) is 5.91. The summed E-state index contributed by atoms with van der Waals surface area (Å²) in [6.07, 6.45) is 4.78. The summed E-state index contributed by atoms with van der Waals surface area (Å²) in [6.45, 7) is 13.9. The first kappa shape index (κ1) is 19.4. The van der Waals surface area contributed by atoms with E-state index in [4.69, 9.17) is 5.73 Å². The molecule has 20 heavy (non-hydrogen) atoms. The molecule has 0 saturated heterocycles. The maximum atomic E-state index is 12.0. The van der Waals surface area contributed by atoms with Crippen LogP contribution in [0.5, 0.6) is 0 Å². The van der Waals surface area contributed by atoms with Crippen LogP contribution in [0.3, 0.4) is 0 Å². The van der Waals surface area contributed by atoms with E-state index in [1.165, 1.54) is 6.42 Å². The molecule has 3 nitrogen and oxygen atoms in total. The maximum Gasteiger partial charge on any atom is 0.220 e. The first-order valence-corrected chi connectivity index (χ1v) is 8.16. The van der Waals surface area contributed by atoms with Crippen LogP contribution in [-0.4, -0.2) is 18.5 Å². The van der Waals surface area contributed by atoms with Crippen LogP contribution in [0.4, 0.5) is 0 Å². The average molecular weight is 284 g/mol. The molecule has 0 spiro atoms. The van der Waals surface area contributed by atoms with E-state index in [1.54, 1.807) is 0 Å². The minimum atomic E-state index is 0.188. The SMILES string of the molecule is CC(C)CCC(C)NC(=O)CCC(CCN)C(C)(C)C. The molecule has 0 heterocycles. The second kappa shape index (κ2) is 9.38. The molecule has 0 aliphatic heterocycles. The lowest BCUT2D eigenvalue weighted by atomic mass is 9.76. The Morgan fingerprint density at radius 3 is 2.10 bits per heavy atom. The molecular weight excluding hydrogens is 248 g/mol. The summed E-state index contributed by atoms with van der Waals surface area (Å²) < 4.78 is 0. The monoisotopic (exact) mass is 284 g/mol. The zero-order chi connectivity index (χ0) is 15.8. The number of carbonyl (C=O) groups is 1. The maximum absolute atomic E-state index is 12.0. The van der Waals surface area contributed by atoms with Crippen molar-refractivity contribution in [3.05, 3.63) is 0 Å². The number of nitrogens with one attached hydrogen (secondary N) is 1. The van der Waals surface area contributed by atoms with Gasteiger partial charge >= 0.3 is 0 Å². The van der Waals surface area contributed by atoms with Crippen molar-refractivity contribution in [2.24, 2.45) is 23.0 Å². The number of rotatable bonds is 9. The van der Waals surface area contributed by atoms with Gasteiger partial charge in [-0.1, -0.05) is 34.6 Å². The van der Waals surface area contributed by atoms with E-state index >= 15 is 0 Å². The molecule has 0 aromatic carbocycles. The Kier molecular flexibility index (Phi) is 9.11. The van der Waals surface area contributed by atoms with Gasteiger partial charge in [-0.05, 0) is 56.4 Å². The van der Waals surface area contributed by atoms with Gasteiger partial charge in [0.25, 0.3) is 0 Å². The van der Waals surface area contributed by atoms with Crippen molar-refractivity contribution in [1.29, 1.82) is 0 Å². The fourth-order valence-electron chi connectivity index (χ4n) is 2.52. The van der Waals surface area contributed by atoms with Crippen LogP contribution in [-0.2, 0) is 4.79 Å². The normalized spacial score (nSPS) is 15.2. The van der Waals surface area contributed by atoms with Crippen LogP contribution in [0.15, 0.2) is 0 Å². The second-order valence-electron chi connectivity index (χ2n) is 7.62. The van der Waals surface area contributed by atoms with Crippen molar-refractivity contribution in [3.8, 4) is 0 Å². The van der Waals surface area contributed by atoms with Gasteiger partial charge in [0, 0.05) is 12.5 Å². The first-order valence-electron chi connectivity index (χ1n) is 8.16. The highest BCUT2D eigenvalue weighted by molar-refractivity contribution is 5.76. The first-order chi connectivity index (χ1) is 9.16. The van der Waals surface area contributed by atoms with Crippen molar-refractivity contribution < 1.29 is 4.79 Å². The van der Waals surface area contributed by atoms with Crippen LogP contribution in [0, 0.1) is 17.3 Å². The van der Waals surface area contributed by atoms with E-state index in [-0.39, 0.29) is 17.4 Å². The molecule has 2 atom stereocenters. The predicted molar refractivity (Wildman–Crippen MR) is 87.5 cm³/mol. The molecule has 120 valence electrons. The van der Waals surface area contributed by atoms with Crippen LogP contribution < -0.4 is 11.1 Å². The summed E-state index contributed by atoms with van der Waals surface area (Å²) in [5, 5.41) is 3.11. The van der Waals surface area contributed by atoms with Gasteiger partial charge < -0.3 is 11.1 Å². The van der Waals surface area contributed by atoms with Crippen LogP contribution in [0.25, 0.3) is 0 Å². The highest BCUT2D eigenvalue weighted by Crippen LogP contribution is 2.32. The largest absolute Gasteiger partial charge is 0.354 e. The molecule has 0 fully saturated rings. The molecule has 0 rings (SSSR count). The minimum Gasteiger partial charge on any atom is -0.354 e. The molecule has 3 heteroatoms. The predicted octanol–water partition coefficient (Wildman–Crippen LogP) is 3.72. The fourth-order valence-corrected chi connectivity index (χ4v) is 2.52. The third-order valence-corrected chi connectivity index (χ3v) is 4.04. The molecule has 1 amide bonds. The van der Waals surface area contributed by atoms with Gasteiger partial charge in [0.05, 0.1) is 0 Å². The second-order valence-corrected chi connectivity index (χ2v) is 7.62. The van der Waals surface area contributed by atoms with Crippen molar-refractivity contribution in [2.45, 2.75) is 79.7 Å². The summed E-state index contributed by atoms with van der Waals surface area (Å²) in [4.78, 5) is 12.0. The van der Waals surface area contributed by atoms with E-state index in [9.17, 15) is 4.79 Å². The molecule has 0 aliphatic carbocycles. The molecule has 3 N–H and O–H groups in total. The summed E-state index contributed by atoms with van der Waals surface area (Å²) in [6, 6.07) is 0.285. The van der Waals surface area contributed by atoms with Crippen molar-refractivity contribution >= 4 is 5.91 Å². The zero-order valence-electron chi connectivity index (χ0n) is 14.5. The Balaban J connectivity index is 4.07.